The number of carbonyl (C=O) groups excluding carboxylic acids is 2. The number of hydrogen-bond acceptors (Lipinski definition) is 4. The average molecular weight is 430 g/mol. The minimum atomic E-state index is -0.231. The summed E-state index contributed by atoms with van der Waals surface area (Å²) in [6, 6.07) is 9.31. The summed E-state index contributed by atoms with van der Waals surface area (Å²) >= 11 is 3.33. The highest BCUT2D eigenvalue weighted by atomic mass is 79.9. The van der Waals surface area contributed by atoms with Crippen molar-refractivity contribution < 1.29 is 14.3 Å². The van der Waals surface area contributed by atoms with Gasteiger partial charge in [-0.25, -0.2) is 4.98 Å². The molecule has 0 saturated carbocycles. The minimum absolute atomic E-state index is 0.0241. The summed E-state index contributed by atoms with van der Waals surface area (Å²) in [6.07, 6.45) is 3.22. The molecule has 1 aromatic carbocycles. The number of hydrogen-bond donors (Lipinski definition) is 1. The number of ether oxygens (including phenoxy) is 1. The van der Waals surface area contributed by atoms with Crippen molar-refractivity contribution in [2.75, 3.05) is 18.4 Å². The van der Waals surface area contributed by atoms with Crippen molar-refractivity contribution in [2.24, 2.45) is 5.92 Å². The van der Waals surface area contributed by atoms with Crippen molar-refractivity contribution >= 4 is 33.6 Å². The molecule has 1 N–H and O–H groups in total. The average Bonchev–Trinajstić information content (AvgIpc) is 3.17. The number of nitrogens with zero attached hydrogens (tertiary/aromatic N) is 2. The summed E-state index contributed by atoms with van der Waals surface area (Å²) in [5, 5.41) is 2.85. The lowest BCUT2D eigenvalue weighted by atomic mass is 9.96. The number of fused-ring (bicyclic) bond motifs is 1. The van der Waals surface area contributed by atoms with Gasteiger partial charge in [-0.3, -0.25) is 9.59 Å². The van der Waals surface area contributed by atoms with Crippen LogP contribution in [0.15, 0.2) is 41.0 Å². The fourth-order valence-corrected chi connectivity index (χ4v) is 3.78. The molecule has 1 saturated heterocycles. The molecule has 1 fully saturated rings. The number of benzene rings is 1. The summed E-state index contributed by atoms with van der Waals surface area (Å²) in [7, 11) is 0. The zero-order chi connectivity index (χ0) is 18.8. The third kappa shape index (κ3) is 4.04. The second-order valence-corrected chi connectivity index (χ2v) is 7.83. The molecule has 1 unspecified atom stereocenters. The molecule has 0 aliphatic carbocycles. The number of likely N-dealkylation sites (tertiary alicyclic amines) is 1. The molecule has 0 radical (unpaired) electrons. The Bertz CT molecular complexity index is 869. The molecule has 2 aliphatic heterocycles. The number of halogens is 1. The van der Waals surface area contributed by atoms with Gasteiger partial charge >= 0.3 is 0 Å². The van der Waals surface area contributed by atoms with Gasteiger partial charge in [-0.15, -0.1) is 0 Å². The van der Waals surface area contributed by atoms with Crippen LogP contribution in [0, 0.1) is 5.92 Å². The molecule has 0 spiro atoms. The topological polar surface area (TPSA) is 71.5 Å². The molecular weight excluding hydrogens is 410 g/mol. The minimum Gasteiger partial charge on any atom is -0.372 e. The number of nitrogens with one attached hydrogen (secondary N) is 1. The van der Waals surface area contributed by atoms with Gasteiger partial charge in [0, 0.05) is 29.3 Å². The highest BCUT2D eigenvalue weighted by molar-refractivity contribution is 9.10. The third-order valence-corrected chi connectivity index (χ3v) is 5.50. The lowest BCUT2D eigenvalue weighted by Gasteiger charge is -2.32. The van der Waals surface area contributed by atoms with Crippen LogP contribution in [-0.2, 0) is 22.7 Å². The molecule has 2 aromatic rings. The summed E-state index contributed by atoms with van der Waals surface area (Å²) in [5.41, 5.74) is 2.88. The Hall–Kier alpha value is -2.25. The van der Waals surface area contributed by atoms with Gasteiger partial charge in [0.25, 0.3) is 5.91 Å². The van der Waals surface area contributed by atoms with E-state index in [1.165, 1.54) is 0 Å². The number of pyridine rings is 1. The Balaban J connectivity index is 1.42. The van der Waals surface area contributed by atoms with Crippen LogP contribution in [0.3, 0.4) is 0 Å². The quantitative estimate of drug-likeness (QED) is 0.811. The van der Waals surface area contributed by atoms with E-state index in [-0.39, 0.29) is 17.7 Å². The fraction of sp³-hybridized carbons (Fsp3) is 0.350. The molecule has 7 heteroatoms. The van der Waals surface area contributed by atoms with E-state index >= 15 is 0 Å². The van der Waals surface area contributed by atoms with Crippen LogP contribution in [0.1, 0.15) is 34.3 Å². The fourth-order valence-electron chi connectivity index (χ4n) is 3.54. The van der Waals surface area contributed by atoms with Crippen LogP contribution in [0.4, 0.5) is 5.82 Å². The lowest BCUT2D eigenvalue weighted by molar-refractivity contribution is -0.121. The van der Waals surface area contributed by atoms with Gasteiger partial charge in [0.2, 0.25) is 5.91 Å². The van der Waals surface area contributed by atoms with Gasteiger partial charge in [0.05, 0.1) is 19.1 Å². The summed E-state index contributed by atoms with van der Waals surface area (Å²) in [4.78, 5) is 31.4. The van der Waals surface area contributed by atoms with Crippen molar-refractivity contribution in [1.82, 2.24) is 9.88 Å². The molecule has 3 heterocycles. The van der Waals surface area contributed by atoms with E-state index in [4.69, 9.17) is 4.74 Å². The maximum atomic E-state index is 12.9. The monoisotopic (exact) mass is 429 g/mol. The Morgan fingerprint density at radius 1 is 1.19 bits per heavy atom. The molecular formula is C20H20BrN3O3. The van der Waals surface area contributed by atoms with Gasteiger partial charge in [-0.1, -0.05) is 6.07 Å². The van der Waals surface area contributed by atoms with Gasteiger partial charge in [-0.2, -0.15) is 0 Å². The van der Waals surface area contributed by atoms with Crippen LogP contribution in [0.25, 0.3) is 0 Å². The van der Waals surface area contributed by atoms with Crippen LogP contribution >= 0.6 is 15.9 Å². The van der Waals surface area contributed by atoms with E-state index in [1.54, 1.807) is 17.2 Å². The van der Waals surface area contributed by atoms with Gasteiger partial charge < -0.3 is 15.0 Å². The number of amides is 2. The second kappa shape index (κ2) is 7.78. The molecule has 0 bridgehead atoms. The standard InChI is InChI=1S/C20H20BrN3O3/c21-17-5-6-18(22-9-17)23-19(25)14-2-1-7-24(10-14)20(26)13-3-4-15-11-27-12-16(15)8-13/h3-6,8-9,14H,1-2,7,10-12H2,(H,22,23,25). The lowest BCUT2D eigenvalue weighted by Crippen LogP contribution is -2.43. The van der Waals surface area contributed by atoms with Crippen molar-refractivity contribution in [3.63, 3.8) is 0 Å². The zero-order valence-corrected chi connectivity index (χ0v) is 16.4. The highest BCUT2D eigenvalue weighted by Gasteiger charge is 2.29. The molecule has 1 aromatic heterocycles. The number of aromatic nitrogens is 1. The zero-order valence-electron chi connectivity index (χ0n) is 14.8. The van der Waals surface area contributed by atoms with Crippen molar-refractivity contribution in [3.8, 4) is 0 Å². The predicted molar refractivity (Wildman–Crippen MR) is 104 cm³/mol. The molecule has 4 rings (SSSR count). The van der Waals surface area contributed by atoms with E-state index in [1.807, 2.05) is 24.3 Å². The first-order valence-corrected chi connectivity index (χ1v) is 9.81. The van der Waals surface area contributed by atoms with E-state index in [9.17, 15) is 9.59 Å². The molecule has 2 amide bonds. The maximum Gasteiger partial charge on any atom is 0.253 e. The molecule has 2 aliphatic rings. The summed E-state index contributed by atoms with van der Waals surface area (Å²) < 4.78 is 6.28. The molecule has 27 heavy (non-hydrogen) atoms. The number of carbonyl (C=O) groups is 2. The van der Waals surface area contributed by atoms with E-state index in [0.29, 0.717) is 37.7 Å². The number of piperidine rings is 1. The Labute approximate surface area is 166 Å². The van der Waals surface area contributed by atoms with E-state index in [0.717, 1.165) is 28.4 Å². The Morgan fingerprint density at radius 3 is 2.85 bits per heavy atom. The van der Waals surface area contributed by atoms with E-state index < -0.39 is 0 Å². The number of rotatable bonds is 3. The van der Waals surface area contributed by atoms with Crippen LogP contribution in [0.5, 0.6) is 0 Å². The van der Waals surface area contributed by atoms with Crippen molar-refractivity contribution in [2.45, 2.75) is 26.1 Å². The van der Waals surface area contributed by atoms with Gasteiger partial charge in [0.1, 0.15) is 5.82 Å². The maximum absolute atomic E-state index is 12.9. The van der Waals surface area contributed by atoms with Crippen molar-refractivity contribution in [1.29, 1.82) is 0 Å². The van der Waals surface area contributed by atoms with Gasteiger partial charge in [0.15, 0.2) is 0 Å². The van der Waals surface area contributed by atoms with Crippen molar-refractivity contribution in [3.05, 3.63) is 57.7 Å². The van der Waals surface area contributed by atoms with Crippen LogP contribution in [-0.4, -0.2) is 34.8 Å². The molecule has 140 valence electrons. The first-order chi connectivity index (χ1) is 13.1. The Morgan fingerprint density at radius 2 is 2.04 bits per heavy atom. The van der Waals surface area contributed by atoms with Crippen LogP contribution in [0.2, 0.25) is 0 Å². The molecule has 6 nitrogen and oxygen atoms in total. The highest BCUT2D eigenvalue weighted by Crippen LogP contribution is 2.24. The largest absolute Gasteiger partial charge is 0.372 e. The summed E-state index contributed by atoms with van der Waals surface area (Å²) in [6.45, 7) is 2.27. The van der Waals surface area contributed by atoms with Gasteiger partial charge in [-0.05, 0) is 64.2 Å². The van der Waals surface area contributed by atoms with E-state index in [2.05, 4.69) is 26.2 Å². The number of anilines is 1. The third-order valence-electron chi connectivity index (χ3n) is 5.03. The first kappa shape index (κ1) is 18.1. The van der Waals surface area contributed by atoms with Crippen LogP contribution < -0.4 is 5.32 Å². The normalized spacial score (nSPS) is 18.9. The predicted octanol–water partition coefficient (Wildman–Crippen LogP) is 3.37. The first-order valence-electron chi connectivity index (χ1n) is 9.01. The smallest absolute Gasteiger partial charge is 0.253 e. The summed E-state index contributed by atoms with van der Waals surface area (Å²) in [5.74, 6) is 0.171. The SMILES string of the molecule is O=C(Nc1ccc(Br)cn1)C1CCCN(C(=O)c2ccc3c(c2)COC3)C1. The second-order valence-electron chi connectivity index (χ2n) is 6.92. The molecule has 1 atom stereocenters. The Kier molecular flexibility index (Phi) is 5.22.